The summed E-state index contributed by atoms with van der Waals surface area (Å²) in [5, 5.41) is 2.60. The number of hydrogen-bond acceptors (Lipinski definition) is 2. The Morgan fingerprint density at radius 1 is 1.05 bits per heavy atom. The van der Waals surface area contributed by atoms with Gasteiger partial charge in [0.2, 0.25) is 6.41 Å². The molecule has 1 amide bonds. The van der Waals surface area contributed by atoms with E-state index in [1.54, 1.807) is 0 Å². The number of aryl methyl sites for hydroxylation is 1. The molecular weight excluding hydrogens is 238 g/mol. The van der Waals surface area contributed by atoms with Gasteiger partial charge in [-0.25, -0.2) is 0 Å². The van der Waals surface area contributed by atoms with Crippen LogP contribution in [0.2, 0.25) is 0 Å². The van der Waals surface area contributed by atoms with Crippen LogP contribution in [-0.4, -0.2) is 13.0 Å². The molecule has 2 aromatic carbocycles. The summed E-state index contributed by atoms with van der Waals surface area (Å²) in [5.41, 5.74) is 2.07. The van der Waals surface area contributed by atoms with E-state index >= 15 is 0 Å². The number of benzene rings is 2. The van der Waals surface area contributed by atoms with Crippen LogP contribution in [0.5, 0.6) is 5.75 Å². The highest BCUT2D eigenvalue weighted by Gasteiger charge is 1.97. The van der Waals surface area contributed by atoms with Crippen molar-refractivity contribution in [3.05, 3.63) is 60.2 Å². The van der Waals surface area contributed by atoms with Crippen LogP contribution in [0.4, 0.5) is 5.69 Å². The molecule has 3 heteroatoms. The van der Waals surface area contributed by atoms with Gasteiger partial charge in [-0.15, -0.1) is 0 Å². The third-order valence-electron chi connectivity index (χ3n) is 2.78. The molecule has 3 nitrogen and oxygen atoms in total. The van der Waals surface area contributed by atoms with E-state index in [2.05, 4.69) is 17.4 Å². The number of anilines is 1. The van der Waals surface area contributed by atoms with E-state index in [-0.39, 0.29) is 0 Å². The number of carbonyl (C=O) groups is 1. The van der Waals surface area contributed by atoms with Gasteiger partial charge in [0.25, 0.3) is 0 Å². The molecule has 0 fully saturated rings. The highest BCUT2D eigenvalue weighted by molar-refractivity contribution is 5.71. The molecule has 2 rings (SSSR count). The standard InChI is InChI=1S/C16H17NO2/c18-13-17-15-9-4-10-16(12-15)19-11-5-8-14-6-2-1-3-7-14/h1-4,6-7,9-10,12-13H,5,8,11H2,(H,17,18). The second-order valence-corrected chi connectivity index (χ2v) is 4.23. The van der Waals surface area contributed by atoms with E-state index in [0.717, 1.165) is 24.3 Å². The Morgan fingerprint density at radius 2 is 1.89 bits per heavy atom. The number of rotatable bonds is 7. The van der Waals surface area contributed by atoms with Gasteiger partial charge >= 0.3 is 0 Å². The summed E-state index contributed by atoms with van der Waals surface area (Å²) in [4.78, 5) is 10.4. The lowest BCUT2D eigenvalue weighted by Crippen LogP contribution is -2.00. The van der Waals surface area contributed by atoms with E-state index < -0.39 is 0 Å². The van der Waals surface area contributed by atoms with Crippen LogP contribution in [0.3, 0.4) is 0 Å². The molecule has 0 aliphatic heterocycles. The van der Waals surface area contributed by atoms with Gasteiger partial charge in [0.15, 0.2) is 0 Å². The van der Waals surface area contributed by atoms with Crippen molar-refractivity contribution in [1.82, 2.24) is 0 Å². The number of amides is 1. The summed E-state index contributed by atoms with van der Waals surface area (Å²) in [7, 11) is 0. The number of ether oxygens (including phenoxy) is 1. The SMILES string of the molecule is O=CNc1cccc(OCCCc2ccccc2)c1. The first-order valence-corrected chi connectivity index (χ1v) is 6.35. The van der Waals surface area contributed by atoms with Crippen LogP contribution in [0.1, 0.15) is 12.0 Å². The molecule has 98 valence electrons. The highest BCUT2D eigenvalue weighted by atomic mass is 16.5. The van der Waals surface area contributed by atoms with Gasteiger partial charge in [-0.3, -0.25) is 4.79 Å². The van der Waals surface area contributed by atoms with Crippen molar-refractivity contribution in [2.24, 2.45) is 0 Å². The van der Waals surface area contributed by atoms with Crippen LogP contribution in [0.15, 0.2) is 54.6 Å². The number of carbonyl (C=O) groups excluding carboxylic acids is 1. The van der Waals surface area contributed by atoms with Gasteiger partial charge in [-0.2, -0.15) is 0 Å². The van der Waals surface area contributed by atoms with Crippen molar-refractivity contribution in [2.75, 3.05) is 11.9 Å². The molecule has 0 aliphatic rings. The van der Waals surface area contributed by atoms with Crippen LogP contribution in [0, 0.1) is 0 Å². The monoisotopic (exact) mass is 255 g/mol. The topological polar surface area (TPSA) is 38.3 Å². The van der Waals surface area contributed by atoms with Crippen molar-refractivity contribution in [2.45, 2.75) is 12.8 Å². The zero-order valence-corrected chi connectivity index (χ0v) is 10.7. The third-order valence-corrected chi connectivity index (χ3v) is 2.78. The predicted octanol–water partition coefficient (Wildman–Crippen LogP) is 3.27. The molecule has 0 unspecified atom stereocenters. The first-order valence-electron chi connectivity index (χ1n) is 6.35. The largest absolute Gasteiger partial charge is 0.494 e. The Balaban J connectivity index is 1.76. The Kier molecular flexibility index (Phi) is 4.99. The second kappa shape index (κ2) is 7.21. The second-order valence-electron chi connectivity index (χ2n) is 4.23. The summed E-state index contributed by atoms with van der Waals surface area (Å²) >= 11 is 0. The first kappa shape index (κ1) is 13.1. The molecular formula is C16H17NO2. The summed E-state index contributed by atoms with van der Waals surface area (Å²) in [6, 6.07) is 17.7. The predicted molar refractivity (Wildman–Crippen MR) is 76.4 cm³/mol. The molecule has 0 bridgehead atoms. The third kappa shape index (κ3) is 4.47. The van der Waals surface area contributed by atoms with Crippen LogP contribution in [0.25, 0.3) is 0 Å². The molecule has 0 aliphatic carbocycles. The van der Waals surface area contributed by atoms with Gasteiger partial charge < -0.3 is 10.1 Å². The lowest BCUT2D eigenvalue weighted by molar-refractivity contribution is -0.105. The number of nitrogens with one attached hydrogen (secondary N) is 1. The molecule has 0 radical (unpaired) electrons. The summed E-state index contributed by atoms with van der Waals surface area (Å²) in [5.74, 6) is 0.778. The maximum absolute atomic E-state index is 10.4. The lowest BCUT2D eigenvalue weighted by Gasteiger charge is -2.07. The van der Waals surface area contributed by atoms with Gasteiger partial charge in [0.05, 0.1) is 6.61 Å². The maximum atomic E-state index is 10.4. The summed E-state index contributed by atoms with van der Waals surface area (Å²) in [6.07, 6.45) is 2.64. The molecule has 0 spiro atoms. The highest BCUT2D eigenvalue weighted by Crippen LogP contribution is 2.17. The average molecular weight is 255 g/mol. The molecule has 0 heterocycles. The molecule has 0 saturated carbocycles. The Morgan fingerprint density at radius 3 is 2.68 bits per heavy atom. The van der Waals surface area contributed by atoms with Crippen molar-refractivity contribution >= 4 is 12.1 Å². The van der Waals surface area contributed by atoms with Crippen LogP contribution < -0.4 is 10.1 Å². The quantitative estimate of drug-likeness (QED) is 0.609. The Bertz CT molecular complexity index is 511. The van der Waals surface area contributed by atoms with Gasteiger partial charge in [0, 0.05) is 11.8 Å². The molecule has 19 heavy (non-hydrogen) atoms. The molecule has 2 aromatic rings. The van der Waals surface area contributed by atoms with Crippen molar-refractivity contribution < 1.29 is 9.53 Å². The Hall–Kier alpha value is -2.29. The normalized spacial score (nSPS) is 9.89. The average Bonchev–Trinajstić information content (AvgIpc) is 2.46. The van der Waals surface area contributed by atoms with Crippen molar-refractivity contribution in [3.8, 4) is 5.75 Å². The number of hydrogen-bond donors (Lipinski definition) is 1. The molecule has 0 atom stereocenters. The zero-order valence-electron chi connectivity index (χ0n) is 10.7. The van der Waals surface area contributed by atoms with Gasteiger partial charge in [0.1, 0.15) is 5.75 Å². The summed E-state index contributed by atoms with van der Waals surface area (Å²) in [6.45, 7) is 0.666. The molecule has 1 N–H and O–H groups in total. The van der Waals surface area contributed by atoms with E-state index in [0.29, 0.717) is 13.0 Å². The van der Waals surface area contributed by atoms with Crippen LogP contribution in [-0.2, 0) is 11.2 Å². The smallest absolute Gasteiger partial charge is 0.211 e. The minimum atomic E-state index is 0.661. The molecule has 0 saturated heterocycles. The van der Waals surface area contributed by atoms with E-state index in [1.807, 2.05) is 42.5 Å². The Labute approximate surface area is 113 Å². The lowest BCUT2D eigenvalue weighted by atomic mass is 10.1. The van der Waals surface area contributed by atoms with Crippen LogP contribution >= 0.6 is 0 Å². The van der Waals surface area contributed by atoms with Gasteiger partial charge in [-0.05, 0) is 30.5 Å². The first-order chi connectivity index (χ1) is 9.38. The van der Waals surface area contributed by atoms with E-state index in [1.165, 1.54) is 5.56 Å². The summed E-state index contributed by atoms with van der Waals surface area (Å²) < 4.78 is 5.66. The maximum Gasteiger partial charge on any atom is 0.211 e. The minimum Gasteiger partial charge on any atom is -0.494 e. The zero-order chi connectivity index (χ0) is 13.3. The van der Waals surface area contributed by atoms with Crippen molar-refractivity contribution in [1.29, 1.82) is 0 Å². The fourth-order valence-electron chi connectivity index (χ4n) is 1.85. The van der Waals surface area contributed by atoms with Crippen molar-refractivity contribution in [3.63, 3.8) is 0 Å². The fraction of sp³-hybridized carbons (Fsp3) is 0.188. The van der Waals surface area contributed by atoms with E-state index in [4.69, 9.17) is 4.74 Å². The minimum absolute atomic E-state index is 0.661. The fourth-order valence-corrected chi connectivity index (χ4v) is 1.85. The van der Waals surface area contributed by atoms with Gasteiger partial charge in [-0.1, -0.05) is 36.4 Å². The van der Waals surface area contributed by atoms with E-state index in [9.17, 15) is 4.79 Å². The molecule has 0 aromatic heterocycles.